The van der Waals surface area contributed by atoms with E-state index in [0.29, 0.717) is 0 Å². The lowest BCUT2D eigenvalue weighted by molar-refractivity contribution is -0.146. The van der Waals surface area contributed by atoms with Gasteiger partial charge in [0, 0.05) is 22.5 Å². The van der Waals surface area contributed by atoms with Crippen LogP contribution in [-0.4, -0.2) is 30.9 Å². The minimum absolute atomic E-state index is 0.142. The summed E-state index contributed by atoms with van der Waals surface area (Å²) in [6.07, 6.45) is 2.42. The maximum atomic E-state index is 11.8. The zero-order valence-electron chi connectivity index (χ0n) is 12.7. The topological polar surface area (TPSA) is 64.6 Å². The Morgan fingerprint density at radius 3 is 2.55 bits per heavy atom. The predicted molar refractivity (Wildman–Crippen MR) is 85.8 cm³/mol. The lowest BCUT2D eigenvalue weighted by atomic mass is 10.1. The van der Waals surface area contributed by atoms with Crippen molar-refractivity contribution in [2.45, 2.75) is 25.2 Å². The third-order valence-electron chi connectivity index (χ3n) is 3.07. The Balaban J connectivity index is 2.14. The van der Waals surface area contributed by atoms with Crippen LogP contribution in [0.4, 0.5) is 5.69 Å². The highest BCUT2D eigenvalue weighted by atomic mass is 32.2. The van der Waals surface area contributed by atoms with E-state index >= 15 is 0 Å². The van der Waals surface area contributed by atoms with Crippen molar-refractivity contribution in [2.75, 3.05) is 24.3 Å². The molecule has 0 saturated heterocycles. The fraction of sp³-hybridized carbons (Fsp3) is 0.375. The van der Waals surface area contributed by atoms with Crippen molar-refractivity contribution in [2.24, 2.45) is 0 Å². The summed E-state index contributed by atoms with van der Waals surface area (Å²) >= 11 is 1.80. The van der Waals surface area contributed by atoms with Crippen molar-refractivity contribution in [3.63, 3.8) is 0 Å². The molecule has 0 unspecified atom stereocenters. The molecule has 0 amide bonds. The second-order valence-corrected chi connectivity index (χ2v) is 5.70. The maximum Gasteiger partial charge on any atom is 0.347 e. The van der Waals surface area contributed by atoms with Crippen LogP contribution in [0.25, 0.3) is 0 Å². The first-order valence-corrected chi connectivity index (χ1v) is 8.21. The number of hydrogen-bond acceptors (Lipinski definition) is 6. The Hall–Kier alpha value is -1.95. The Kier molecular flexibility index (Phi) is 5.89. The number of esters is 2. The SMILES string of the molecule is CCOC(=O)C(=CNc1ccc2c(c1)SCC2)C(=O)OCC. The predicted octanol–water partition coefficient (Wildman–Crippen LogP) is 2.76. The van der Waals surface area contributed by atoms with Crippen LogP contribution in [-0.2, 0) is 25.5 Å². The first kappa shape index (κ1) is 16.4. The first-order valence-electron chi connectivity index (χ1n) is 7.22. The molecule has 1 aliphatic rings. The lowest BCUT2D eigenvalue weighted by Crippen LogP contribution is -2.19. The summed E-state index contributed by atoms with van der Waals surface area (Å²) in [5, 5.41) is 2.98. The van der Waals surface area contributed by atoms with Gasteiger partial charge in [0.1, 0.15) is 0 Å². The van der Waals surface area contributed by atoms with Gasteiger partial charge in [-0.15, -0.1) is 11.8 Å². The highest BCUT2D eigenvalue weighted by Gasteiger charge is 2.21. The largest absolute Gasteiger partial charge is 0.462 e. The second kappa shape index (κ2) is 7.89. The first-order chi connectivity index (χ1) is 10.7. The van der Waals surface area contributed by atoms with Crippen molar-refractivity contribution in [3.05, 3.63) is 35.5 Å². The number of fused-ring (bicyclic) bond motifs is 1. The third-order valence-corrected chi connectivity index (χ3v) is 4.17. The van der Waals surface area contributed by atoms with Gasteiger partial charge in [-0.3, -0.25) is 0 Å². The van der Waals surface area contributed by atoms with Crippen LogP contribution in [0.5, 0.6) is 0 Å². The molecule has 1 aromatic rings. The molecule has 5 nitrogen and oxygen atoms in total. The summed E-state index contributed by atoms with van der Waals surface area (Å²) in [6, 6.07) is 5.99. The number of carbonyl (C=O) groups is 2. The molecule has 6 heteroatoms. The quantitative estimate of drug-likeness (QED) is 0.376. The van der Waals surface area contributed by atoms with Gasteiger partial charge in [0.15, 0.2) is 5.57 Å². The Bertz CT molecular complexity index is 578. The number of anilines is 1. The molecule has 0 fully saturated rings. The summed E-state index contributed by atoms with van der Waals surface area (Å²) in [4.78, 5) is 24.9. The molecule has 1 N–H and O–H groups in total. The molecule has 0 aliphatic carbocycles. The smallest absolute Gasteiger partial charge is 0.347 e. The fourth-order valence-corrected chi connectivity index (χ4v) is 3.14. The molecule has 0 atom stereocenters. The van der Waals surface area contributed by atoms with Gasteiger partial charge in [-0.05, 0) is 38.0 Å². The van der Waals surface area contributed by atoms with Gasteiger partial charge in [0.25, 0.3) is 0 Å². The van der Waals surface area contributed by atoms with Gasteiger partial charge in [0.2, 0.25) is 0 Å². The molecule has 118 valence electrons. The van der Waals surface area contributed by atoms with Crippen molar-refractivity contribution in [1.82, 2.24) is 0 Å². The van der Waals surface area contributed by atoms with E-state index in [9.17, 15) is 9.59 Å². The zero-order valence-corrected chi connectivity index (χ0v) is 13.5. The van der Waals surface area contributed by atoms with E-state index in [4.69, 9.17) is 9.47 Å². The molecule has 1 heterocycles. The van der Waals surface area contributed by atoms with Crippen LogP contribution < -0.4 is 5.32 Å². The van der Waals surface area contributed by atoms with E-state index in [2.05, 4.69) is 11.4 Å². The van der Waals surface area contributed by atoms with E-state index < -0.39 is 11.9 Å². The second-order valence-electron chi connectivity index (χ2n) is 4.56. The minimum atomic E-state index is -0.691. The van der Waals surface area contributed by atoms with E-state index in [1.54, 1.807) is 25.6 Å². The van der Waals surface area contributed by atoms with Crippen molar-refractivity contribution >= 4 is 29.4 Å². The summed E-state index contributed by atoms with van der Waals surface area (Å²) in [7, 11) is 0. The van der Waals surface area contributed by atoms with Crippen LogP contribution in [0.15, 0.2) is 34.9 Å². The minimum Gasteiger partial charge on any atom is -0.462 e. The molecule has 1 aromatic carbocycles. The van der Waals surface area contributed by atoms with Gasteiger partial charge in [0.05, 0.1) is 13.2 Å². The average molecular weight is 321 g/mol. The zero-order chi connectivity index (χ0) is 15.9. The van der Waals surface area contributed by atoms with Crippen LogP contribution in [0.2, 0.25) is 0 Å². The number of carbonyl (C=O) groups excluding carboxylic acids is 2. The molecule has 0 saturated carbocycles. The summed E-state index contributed by atoms with van der Waals surface area (Å²) in [5.74, 6) is -0.293. The van der Waals surface area contributed by atoms with E-state index in [1.165, 1.54) is 16.7 Å². The number of rotatable bonds is 6. The van der Waals surface area contributed by atoms with Gasteiger partial charge >= 0.3 is 11.9 Å². The molecule has 0 aromatic heterocycles. The molecular weight excluding hydrogens is 302 g/mol. The van der Waals surface area contributed by atoms with Gasteiger partial charge in [-0.1, -0.05) is 6.07 Å². The molecule has 0 radical (unpaired) electrons. The van der Waals surface area contributed by atoms with Crippen LogP contribution >= 0.6 is 11.8 Å². The summed E-state index contributed by atoms with van der Waals surface area (Å²) < 4.78 is 9.76. The van der Waals surface area contributed by atoms with Crippen LogP contribution in [0, 0.1) is 0 Å². The molecule has 0 bridgehead atoms. The van der Waals surface area contributed by atoms with Crippen LogP contribution in [0.3, 0.4) is 0 Å². The number of aryl methyl sites for hydroxylation is 1. The number of hydrogen-bond donors (Lipinski definition) is 1. The van der Waals surface area contributed by atoms with Crippen molar-refractivity contribution in [3.8, 4) is 0 Å². The molecule has 22 heavy (non-hydrogen) atoms. The van der Waals surface area contributed by atoms with E-state index in [-0.39, 0.29) is 18.8 Å². The highest BCUT2D eigenvalue weighted by Crippen LogP contribution is 2.33. The Morgan fingerprint density at radius 2 is 1.91 bits per heavy atom. The van der Waals surface area contributed by atoms with Crippen molar-refractivity contribution < 1.29 is 19.1 Å². The van der Waals surface area contributed by atoms with Crippen molar-refractivity contribution in [1.29, 1.82) is 0 Å². The van der Waals surface area contributed by atoms with E-state index in [0.717, 1.165) is 17.9 Å². The molecule has 2 rings (SSSR count). The summed E-state index contributed by atoms with van der Waals surface area (Å²) in [6.45, 7) is 3.77. The number of nitrogens with one attached hydrogen (secondary N) is 1. The number of benzene rings is 1. The Morgan fingerprint density at radius 1 is 1.23 bits per heavy atom. The summed E-state index contributed by atoms with van der Waals surface area (Å²) in [5.41, 5.74) is 2.01. The van der Waals surface area contributed by atoms with E-state index in [1.807, 2.05) is 12.1 Å². The normalized spacial score (nSPS) is 12.3. The average Bonchev–Trinajstić information content (AvgIpc) is 2.95. The molecule has 0 spiro atoms. The lowest BCUT2D eigenvalue weighted by Gasteiger charge is -2.08. The van der Waals surface area contributed by atoms with Gasteiger partial charge in [-0.25, -0.2) is 9.59 Å². The fourth-order valence-electron chi connectivity index (χ4n) is 2.03. The maximum absolute atomic E-state index is 11.8. The van der Waals surface area contributed by atoms with Gasteiger partial charge in [-0.2, -0.15) is 0 Å². The molecule has 1 aliphatic heterocycles. The number of ether oxygens (including phenoxy) is 2. The highest BCUT2D eigenvalue weighted by molar-refractivity contribution is 7.99. The molecular formula is C16H19NO4S. The number of thioether (sulfide) groups is 1. The Labute approximate surface area is 134 Å². The standard InChI is InChI=1S/C16H19NO4S/c1-3-20-15(18)13(16(19)21-4-2)10-17-12-6-5-11-7-8-22-14(11)9-12/h5-6,9-10,17H,3-4,7-8H2,1-2H3. The monoisotopic (exact) mass is 321 g/mol. The third kappa shape index (κ3) is 4.04. The van der Waals surface area contributed by atoms with Crippen LogP contribution in [0.1, 0.15) is 19.4 Å². The van der Waals surface area contributed by atoms with Gasteiger partial charge < -0.3 is 14.8 Å².